The first-order valence-electron chi connectivity index (χ1n) is 25.8. The van der Waals surface area contributed by atoms with Crippen LogP contribution in [-0.4, -0.2) is 4.98 Å². The fraction of sp³-hybridized carbons (Fsp3) is 0.169. The van der Waals surface area contributed by atoms with Crippen molar-refractivity contribution in [2.45, 2.75) is 77.0 Å². The van der Waals surface area contributed by atoms with Gasteiger partial charge in [0, 0.05) is 33.4 Å². The summed E-state index contributed by atoms with van der Waals surface area (Å²) in [5.41, 5.74) is 33.7. The Balaban J connectivity index is 0.743. The van der Waals surface area contributed by atoms with E-state index in [9.17, 15) is 0 Å². The summed E-state index contributed by atoms with van der Waals surface area (Å²) in [6.07, 6.45) is 1.88. The molecule has 1 nitrogen and oxygen atoms in total. The average molecular weight is 924 g/mol. The number of pyridine rings is 1. The molecule has 4 aliphatic rings. The quantitative estimate of drug-likeness (QED) is 0.168. The molecule has 1 aromatic heterocycles. The number of hydrogen-bond donors (Lipinski definition) is 0. The molecule has 0 spiro atoms. The number of rotatable bonds is 5. The molecule has 0 saturated heterocycles. The van der Waals surface area contributed by atoms with Crippen LogP contribution in [0.1, 0.15) is 99.9 Å². The number of fused-ring (bicyclic) bond motifs is 12. The van der Waals surface area contributed by atoms with Gasteiger partial charge >= 0.3 is 0 Å². The Morgan fingerprint density at radius 2 is 0.500 bits per heavy atom. The van der Waals surface area contributed by atoms with Crippen molar-refractivity contribution in [1.82, 2.24) is 4.98 Å². The van der Waals surface area contributed by atoms with E-state index in [4.69, 9.17) is 0 Å². The van der Waals surface area contributed by atoms with Crippen LogP contribution in [0.25, 0.3) is 100 Å². The van der Waals surface area contributed by atoms with Gasteiger partial charge in [0.25, 0.3) is 0 Å². The normalized spacial score (nSPS) is 15.9. The zero-order chi connectivity index (χ0) is 49.1. The third-order valence-electron chi connectivity index (χ3n) is 17.8. The maximum atomic E-state index is 4.66. The summed E-state index contributed by atoms with van der Waals surface area (Å²) in [7, 11) is 0. The van der Waals surface area contributed by atoms with E-state index < -0.39 is 0 Å². The Morgan fingerprint density at radius 1 is 0.222 bits per heavy atom. The minimum atomic E-state index is -0.159. The lowest BCUT2D eigenvalue weighted by atomic mass is 9.79. The van der Waals surface area contributed by atoms with Crippen molar-refractivity contribution in [2.24, 2.45) is 0 Å². The Labute approximate surface area is 425 Å². The summed E-state index contributed by atoms with van der Waals surface area (Å²) in [5.74, 6) is 0. The van der Waals surface area contributed by atoms with E-state index in [0.717, 1.165) is 5.69 Å². The van der Waals surface area contributed by atoms with Gasteiger partial charge in [-0.05, 0) is 194 Å². The molecule has 0 radical (unpaired) electrons. The van der Waals surface area contributed by atoms with Crippen LogP contribution in [0.2, 0.25) is 0 Å². The Morgan fingerprint density at radius 3 is 0.847 bits per heavy atom. The first kappa shape index (κ1) is 43.0. The van der Waals surface area contributed by atoms with Gasteiger partial charge < -0.3 is 0 Å². The minimum absolute atomic E-state index is 0.0291. The van der Waals surface area contributed by atoms with E-state index in [2.05, 4.69) is 248 Å². The van der Waals surface area contributed by atoms with Gasteiger partial charge in [-0.1, -0.05) is 189 Å². The van der Waals surface area contributed by atoms with Crippen LogP contribution in [0.3, 0.4) is 0 Å². The summed E-state index contributed by atoms with van der Waals surface area (Å²) in [6.45, 7) is 19.1. The largest absolute Gasteiger partial charge is 0.256 e. The summed E-state index contributed by atoms with van der Waals surface area (Å²) in [6, 6.07) is 74.0. The second-order valence-corrected chi connectivity index (χ2v) is 23.2. The predicted molar refractivity (Wildman–Crippen MR) is 302 cm³/mol. The number of benzene rings is 9. The highest BCUT2D eigenvalue weighted by Crippen LogP contribution is 2.55. The number of hydrogen-bond acceptors (Lipinski definition) is 1. The van der Waals surface area contributed by atoms with Gasteiger partial charge in [-0.3, -0.25) is 4.98 Å². The molecule has 0 amide bonds. The Hall–Kier alpha value is -7.87. The van der Waals surface area contributed by atoms with E-state index in [1.54, 1.807) is 0 Å². The van der Waals surface area contributed by atoms with Crippen LogP contribution in [0.4, 0.5) is 0 Å². The van der Waals surface area contributed by atoms with Gasteiger partial charge in [0.2, 0.25) is 0 Å². The lowest BCUT2D eigenvalue weighted by molar-refractivity contribution is 0.659. The van der Waals surface area contributed by atoms with Crippen molar-refractivity contribution in [3.8, 4) is 100 Å². The lowest BCUT2D eigenvalue weighted by Gasteiger charge is -2.24. The van der Waals surface area contributed by atoms with Crippen LogP contribution in [0.15, 0.2) is 200 Å². The van der Waals surface area contributed by atoms with E-state index in [1.807, 2.05) is 12.3 Å². The molecule has 0 unspecified atom stereocenters. The molecular weight excluding hydrogens is 867 g/mol. The molecule has 0 aliphatic heterocycles. The van der Waals surface area contributed by atoms with Crippen molar-refractivity contribution >= 4 is 0 Å². The molecule has 9 aromatic carbocycles. The highest BCUT2D eigenvalue weighted by molar-refractivity contribution is 5.91. The third kappa shape index (κ3) is 6.04. The average Bonchev–Trinajstić information content (AvgIpc) is 3.97. The van der Waals surface area contributed by atoms with E-state index >= 15 is 0 Å². The molecule has 72 heavy (non-hydrogen) atoms. The van der Waals surface area contributed by atoms with Crippen molar-refractivity contribution in [3.05, 3.63) is 245 Å². The van der Waals surface area contributed by atoms with Gasteiger partial charge in [0.15, 0.2) is 0 Å². The zero-order valence-electron chi connectivity index (χ0n) is 42.5. The van der Waals surface area contributed by atoms with Crippen molar-refractivity contribution in [2.75, 3.05) is 0 Å². The molecule has 0 bridgehead atoms. The van der Waals surface area contributed by atoms with Crippen LogP contribution >= 0.6 is 0 Å². The van der Waals surface area contributed by atoms with Crippen molar-refractivity contribution in [3.63, 3.8) is 0 Å². The fourth-order valence-corrected chi connectivity index (χ4v) is 13.6. The zero-order valence-corrected chi connectivity index (χ0v) is 42.5. The number of aromatic nitrogens is 1. The molecule has 0 N–H and O–H groups in total. The molecule has 10 aromatic rings. The minimum Gasteiger partial charge on any atom is -0.256 e. The summed E-state index contributed by atoms with van der Waals surface area (Å²) >= 11 is 0. The Kier molecular flexibility index (Phi) is 8.86. The SMILES string of the molecule is CC1(C)c2ccccc2-c2ccc(-c3cccc(-c4ccc5c(c4)C(C)(C)c4cc(-c6ccc7c(c6)C(C)(C)c6cc(-c8ccc9c(c8)C(C)(C)c8cc(-c%10ccccn%10)ccc8-9)ccc6-7)ccc4-5)c3)cc21. The third-order valence-corrected chi connectivity index (χ3v) is 17.8. The highest BCUT2D eigenvalue weighted by Gasteiger charge is 2.40. The molecule has 0 atom stereocenters. The lowest BCUT2D eigenvalue weighted by Crippen LogP contribution is -2.16. The molecular formula is C71H57N. The number of nitrogens with zero attached hydrogens (tertiary/aromatic N) is 1. The van der Waals surface area contributed by atoms with Gasteiger partial charge in [0.1, 0.15) is 0 Å². The van der Waals surface area contributed by atoms with Gasteiger partial charge in [-0.2, -0.15) is 0 Å². The molecule has 14 rings (SSSR count). The van der Waals surface area contributed by atoms with Crippen molar-refractivity contribution in [1.29, 1.82) is 0 Å². The van der Waals surface area contributed by atoms with Crippen LogP contribution in [0, 0.1) is 0 Å². The summed E-state index contributed by atoms with van der Waals surface area (Å²) in [5, 5.41) is 0. The fourth-order valence-electron chi connectivity index (χ4n) is 13.6. The van der Waals surface area contributed by atoms with Crippen molar-refractivity contribution < 1.29 is 0 Å². The highest BCUT2D eigenvalue weighted by atomic mass is 14.7. The maximum Gasteiger partial charge on any atom is 0.0702 e. The Bertz CT molecular complexity index is 3970. The van der Waals surface area contributed by atoms with Gasteiger partial charge in [0.05, 0.1) is 5.69 Å². The standard InChI is InChI=1S/C71H57N/c1-68(2)59-17-10-9-16-51(59)52-26-19-44(35-60(52)68)42-14-13-15-43(34-42)45-20-27-53-54-28-21-46(37-62(54)69(3,4)61(53)36-45)47-22-29-55-56-30-23-48(39-64(56)70(5,6)63(55)38-47)49-24-31-57-58-32-25-50(67-18-11-12-33-72-67)41-66(58)71(7,8)65(57)40-49/h9-41H,1-8H3. The van der Waals surface area contributed by atoms with E-state index in [0.29, 0.717) is 0 Å². The molecule has 1 heteroatoms. The molecule has 4 aliphatic carbocycles. The first-order chi connectivity index (χ1) is 34.7. The van der Waals surface area contributed by atoms with Gasteiger partial charge in [-0.15, -0.1) is 0 Å². The van der Waals surface area contributed by atoms with E-state index in [1.165, 1.54) is 139 Å². The van der Waals surface area contributed by atoms with Crippen LogP contribution in [0.5, 0.6) is 0 Å². The van der Waals surface area contributed by atoms with E-state index in [-0.39, 0.29) is 21.7 Å². The van der Waals surface area contributed by atoms with Gasteiger partial charge in [-0.25, -0.2) is 0 Å². The topological polar surface area (TPSA) is 12.9 Å². The molecule has 0 fully saturated rings. The van der Waals surface area contributed by atoms with Crippen LogP contribution < -0.4 is 0 Å². The molecule has 1 heterocycles. The maximum absolute atomic E-state index is 4.66. The monoisotopic (exact) mass is 923 g/mol. The summed E-state index contributed by atoms with van der Waals surface area (Å²) < 4.78 is 0. The first-order valence-corrected chi connectivity index (χ1v) is 25.8. The predicted octanol–water partition coefficient (Wildman–Crippen LogP) is 18.6. The molecule has 0 saturated carbocycles. The second kappa shape index (κ2) is 14.8. The second-order valence-electron chi connectivity index (χ2n) is 23.2. The smallest absolute Gasteiger partial charge is 0.0702 e. The van der Waals surface area contributed by atoms with Crippen LogP contribution in [-0.2, 0) is 21.7 Å². The summed E-state index contributed by atoms with van der Waals surface area (Å²) in [4.78, 5) is 4.66. The molecule has 346 valence electrons.